The highest BCUT2D eigenvalue weighted by molar-refractivity contribution is 6.02. The molecule has 2 fully saturated rings. The highest BCUT2D eigenvalue weighted by atomic mass is 16.2. The van der Waals surface area contributed by atoms with Crippen molar-refractivity contribution >= 4 is 29.1 Å². The van der Waals surface area contributed by atoms with Crippen LogP contribution < -0.4 is 10.2 Å². The second-order valence-electron chi connectivity index (χ2n) is 9.09. The van der Waals surface area contributed by atoms with Crippen molar-refractivity contribution in [1.82, 2.24) is 9.80 Å². The summed E-state index contributed by atoms with van der Waals surface area (Å²) < 4.78 is 0. The number of amides is 3. The summed E-state index contributed by atoms with van der Waals surface area (Å²) in [5.41, 5.74) is 2.16. The Morgan fingerprint density at radius 3 is 2.29 bits per heavy atom. The molecule has 0 aliphatic carbocycles. The molecule has 0 unspecified atom stereocenters. The molecule has 170 valence electrons. The largest absolute Gasteiger partial charge is 0.369 e. The highest BCUT2D eigenvalue weighted by Crippen LogP contribution is 2.28. The second-order valence-corrected chi connectivity index (χ2v) is 9.09. The maximum atomic E-state index is 13.4. The van der Waals surface area contributed by atoms with Gasteiger partial charge in [0.2, 0.25) is 11.8 Å². The summed E-state index contributed by atoms with van der Waals surface area (Å²) in [5.74, 6) is 0.432. The van der Waals surface area contributed by atoms with Crippen molar-refractivity contribution in [1.29, 1.82) is 0 Å². The van der Waals surface area contributed by atoms with Crippen molar-refractivity contribution in [3.8, 4) is 0 Å². The van der Waals surface area contributed by atoms with Crippen LogP contribution in [0, 0.1) is 5.92 Å². The first-order chi connectivity index (χ1) is 14.8. The van der Waals surface area contributed by atoms with Crippen LogP contribution in [-0.2, 0) is 9.59 Å². The molecule has 0 bridgehead atoms. The minimum absolute atomic E-state index is 0.0267. The normalized spacial score (nSPS) is 17.5. The first-order valence-electron chi connectivity index (χ1n) is 11.6. The Bertz CT molecular complexity index is 802. The fourth-order valence-electron chi connectivity index (χ4n) is 4.42. The molecule has 1 aromatic carbocycles. The number of likely N-dealkylation sites (tertiary alicyclic amines) is 1. The third kappa shape index (κ3) is 6.21. The lowest BCUT2D eigenvalue weighted by Gasteiger charge is -2.30. The summed E-state index contributed by atoms with van der Waals surface area (Å²) in [4.78, 5) is 43.6. The van der Waals surface area contributed by atoms with Crippen LogP contribution in [0.15, 0.2) is 18.2 Å². The van der Waals surface area contributed by atoms with Gasteiger partial charge in [-0.15, -0.1) is 0 Å². The summed E-state index contributed by atoms with van der Waals surface area (Å²) in [6.07, 6.45) is 4.67. The van der Waals surface area contributed by atoms with E-state index in [-0.39, 0.29) is 17.7 Å². The number of benzene rings is 1. The molecule has 3 rings (SSSR count). The van der Waals surface area contributed by atoms with Gasteiger partial charge in [0.05, 0.1) is 5.56 Å². The number of piperidine rings is 1. The third-order valence-electron chi connectivity index (χ3n) is 5.96. The number of hydrogen-bond donors (Lipinski definition) is 1. The smallest absolute Gasteiger partial charge is 0.256 e. The highest BCUT2D eigenvalue weighted by Gasteiger charge is 2.26. The molecule has 2 aliphatic rings. The van der Waals surface area contributed by atoms with Gasteiger partial charge >= 0.3 is 0 Å². The zero-order valence-corrected chi connectivity index (χ0v) is 19.2. The monoisotopic (exact) mass is 428 g/mol. The molecule has 0 spiro atoms. The van der Waals surface area contributed by atoms with Crippen LogP contribution in [0.4, 0.5) is 11.4 Å². The molecule has 2 saturated heterocycles. The number of hydrogen-bond acceptors (Lipinski definition) is 4. The van der Waals surface area contributed by atoms with Gasteiger partial charge in [-0.25, -0.2) is 0 Å². The van der Waals surface area contributed by atoms with E-state index in [1.54, 1.807) is 6.07 Å². The fraction of sp³-hybridized carbons (Fsp3) is 0.625. The zero-order valence-electron chi connectivity index (χ0n) is 19.2. The number of nitrogens with one attached hydrogen (secondary N) is 1. The van der Waals surface area contributed by atoms with E-state index >= 15 is 0 Å². The molecule has 2 aliphatic heterocycles. The summed E-state index contributed by atoms with van der Waals surface area (Å²) in [7, 11) is 0. The van der Waals surface area contributed by atoms with Crippen LogP contribution in [0.25, 0.3) is 0 Å². The molecule has 2 heterocycles. The Labute approximate surface area is 185 Å². The predicted octanol–water partition coefficient (Wildman–Crippen LogP) is 3.36. The van der Waals surface area contributed by atoms with Gasteiger partial charge in [0, 0.05) is 64.0 Å². The molecular weight excluding hydrogens is 392 g/mol. The molecular formula is C24H36N4O3. The van der Waals surface area contributed by atoms with E-state index in [2.05, 4.69) is 24.1 Å². The molecule has 1 N–H and O–H groups in total. The minimum atomic E-state index is -0.154. The van der Waals surface area contributed by atoms with Crippen molar-refractivity contribution < 1.29 is 14.4 Å². The van der Waals surface area contributed by atoms with Crippen LogP contribution in [0.1, 0.15) is 63.2 Å². The Balaban J connectivity index is 1.82. The van der Waals surface area contributed by atoms with E-state index in [1.807, 2.05) is 21.9 Å². The van der Waals surface area contributed by atoms with Crippen LogP contribution >= 0.6 is 0 Å². The average molecular weight is 429 g/mol. The molecule has 0 atom stereocenters. The number of anilines is 2. The molecule has 7 nitrogen and oxygen atoms in total. The standard InChI is InChI=1S/C24H36N4O3/c1-18(2)16-23(30)27-13-7-12-26(14-15-27)22-9-8-20(25-19(3)29)17-21(22)24(31)28-10-5-4-6-11-28/h8-9,17-18H,4-7,10-16H2,1-3H3,(H,25,29). The Morgan fingerprint density at radius 2 is 1.61 bits per heavy atom. The Kier molecular flexibility index (Phi) is 7.93. The van der Waals surface area contributed by atoms with Crippen molar-refractivity contribution in [3.05, 3.63) is 23.8 Å². The summed E-state index contributed by atoms with van der Waals surface area (Å²) in [6, 6.07) is 5.60. The fourth-order valence-corrected chi connectivity index (χ4v) is 4.42. The number of rotatable bonds is 5. The maximum Gasteiger partial charge on any atom is 0.256 e. The number of carbonyl (C=O) groups is 3. The molecule has 1 aromatic rings. The van der Waals surface area contributed by atoms with Gasteiger partial charge in [0.15, 0.2) is 0 Å². The van der Waals surface area contributed by atoms with Gasteiger partial charge in [-0.2, -0.15) is 0 Å². The van der Waals surface area contributed by atoms with Crippen molar-refractivity contribution in [2.75, 3.05) is 49.5 Å². The quantitative estimate of drug-likeness (QED) is 0.781. The van der Waals surface area contributed by atoms with Crippen LogP contribution in [0.2, 0.25) is 0 Å². The van der Waals surface area contributed by atoms with Gasteiger partial charge in [0.25, 0.3) is 5.91 Å². The van der Waals surface area contributed by atoms with E-state index in [4.69, 9.17) is 0 Å². The van der Waals surface area contributed by atoms with Crippen LogP contribution in [0.5, 0.6) is 0 Å². The maximum absolute atomic E-state index is 13.4. The minimum Gasteiger partial charge on any atom is -0.369 e. The predicted molar refractivity (Wildman–Crippen MR) is 123 cm³/mol. The van der Waals surface area contributed by atoms with E-state index < -0.39 is 0 Å². The molecule has 3 amide bonds. The number of nitrogens with zero attached hydrogens (tertiary/aromatic N) is 3. The lowest BCUT2D eigenvalue weighted by atomic mass is 10.1. The third-order valence-corrected chi connectivity index (χ3v) is 5.96. The number of carbonyl (C=O) groups excluding carboxylic acids is 3. The second kappa shape index (κ2) is 10.6. The van der Waals surface area contributed by atoms with Crippen molar-refractivity contribution in [2.24, 2.45) is 5.92 Å². The Hall–Kier alpha value is -2.57. The first-order valence-corrected chi connectivity index (χ1v) is 11.6. The van der Waals surface area contributed by atoms with Gasteiger partial charge in [-0.1, -0.05) is 13.8 Å². The van der Waals surface area contributed by atoms with Gasteiger partial charge in [-0.05, 0) is 49.8 Å². The molecule has 7 heteroatoms. The van der Waals surface area contributed by atoms with E-state index in [0.29, 0.717) is 36.7 Å². The molecule has 0 radical (unpaired) electrons. The van der Waals surface area contributed by atoms with Crippen molar-refractivity contribution in [3.63, 3.8) is 0 Å². The van der Waals surface area contributed by atoms with Gasteiger partial charge in [-0.3, -0.25) is 14.4 Å². The lowest BCUT2D eigenvalue weighted by Crippen LogP contribution is -2.38. The van der Waals surface area contributed by atoms with E-state index in [0.717, 1.165) is 57.5 Å². The van der Waals surface area contributed by atoms with Gasteiger partial charge in [0.1, 0.15) is 0 Å². The summed E-state index contributed by atoms with van der Waals surface area (Å²) in [5, 5.41) is 2.80. The Morgan fingerprint density at radius 1 is 0.903 bits per heavy atom. The topological polar surface area (TPSA) is 73.0 Å². The zero-order chi connectivity index (χ0) is 22.4. The van der Waals surface area contributed by atoms with E-state index in [9.17, 15) is 14.4 Å². The lowest BCUT2D eigenvalue weighted by molar-refractivity contribution is -0.131. The van der Waals surface area contributed by atoms with E-state index in [1.165, 1.54) is 6.92 Å². The summed E-state index contributed by atoms with van der Waals surface area (Å²) >= 11 is 0. The first kappa shape index (κ1) is 23.1. The van der Waals surface area contributed by atoms with Crippen LogP contribution in [0.3, 0.4) is 0 Å². The van der Waals surface area contributed by atoms with Crippen LogP contribution in [-0.4, -0.2) is 66.8 Å². The molecule has 0 aromatic heterocycles. The summed E-state index contributed by atoms with van der Waals surface area (Å²) in [6.45, 7) is 10.1. The average Bonchev–Trinajstić information content (AvgIpc) is 2.99. The molecule has 31 heavy (non-hydrogen) atoms. The molecule has 0 saturated carbocycles. The van der Waals surface area contributed by atoms with Gasteiger partial charge < -0.3 is 20.0 Å². The van der Waals surface area contributed by atoms with Crippen molar-refractivity contribution in [2.45, 2.75) is 52.9 Å². The SMILES string of the molecule is CC(=O)Nc1ccc(N2CCCN(C(=O)CC(C)C)CC2)c(C(=O)N2CCCCC2)c1.